The Morgan fingerprint density at radius 1 is 0.952 bits per heavy atom. The molecule has 0 aromatic heterocycles. The van der Waals surface area contributed by atoms with Crippen LogP contribution in [0.4, 0.5) is 0 Å². The molecule has 0 fully saturated rings. The second-order valence-electron chi connectivity index (χ2n) is 5.68. The van der Waals surface area contributed by atoms with Crippen molar-refractivity contribution in [1.29, 1.82) is 0 Å². The Kier molecular flexibility index (Phi) is 13.1. The van der Waals surface area contributed by atoms with Gasteiger partial charge in [-0.2, -0.15) is 0 Å². The van der Waals surface area contributed by atoms with E-state index in [1.54, 1.807) is 0 Å². The van der Waals surface area contributed by atoms with Gasteiger partial charge in [0.15, 0.2) is 0 Å². The Morgan fingerprint density at radius 3 is 2.05 bits per heavy atom. The monoisotopic (exact) mass is 299 g/mol. The van der Waals surface area contributed by atoms with Crippen molar-refractivity contribution < 1.29 is 9.59 Å². The maximum Gasteiger partial charge on any atom is 0.240 e. The average molecular weight is 299 g/mol. The molecular weight excluding hydrogens is 266 g/mol. The molecule has 0 saturated carbocycles. The molecule has 21 heavy (non-hydrogen) atoms. The lowest BCUT2D eigenvalue weighted by Crippen LogP contribution is -2.44. The number of rotatable bonds is 14. The summed E-state index contributed by atoms with van der Waals surface area (Å²) in [5.41, 5.74) is 10.7. The second kappa shape index (κ2) is 13.9. The number of amides is 2. The minimum absolute atomic E-state index is 0.0817. The Balaban J connectivity index is 3.61. The summed E-state index contributed by atoms with van der Waals surface area (Å²) in [6.45, 7) is 2.71. The number of carbonyl (C=O) groups excluding carboxylic acids is 2. The fourth-order valence-corrected chi connectivity index (χ4v) is 2.29. The topological polar surface area (TPSA) is 98.2 Å². The molecule has 0 aliphatic heterocycles. The third-order valence-electron chi connectivity index (χ3n) is 3.63. The zero-order valence-electron chi connectivity index (χ0n) is 13.5. The number of nitrogens with one attached hydrogen (secondary N) is 1. The van der Waals surface area contributed by atoms with E-state index in [0.717, 1.165) is 12.8 Å². The lowest BCUT2D eigenvalue weighted by Gasteiger charge is -2.14. The van der Waals surface area contributed by atoms with E-state index in [1.165, 1.54) is 38.5 Å². The molecule has 0 spiro atoms. The van der Waals surface area contributed by atoms with Crippen molar-refractivity contribution in [2.45, 2.75) is 83.6 Å². The van der Waals surface area contributed by atoms with Gasteiger partial charge in [-0.05, 0) is 25.8 Å². The third kappa shape index (κ3) is 12.4. The van der Waals surface area contributed by atoms with Gasteiger partial charge in [0.05, 0.1) is 0 Å². The van der Waals surface area contributed by atoms with Crippen molar-refractivity contribution in [2.75, 3.05) is 6.54 Å². The molecule has 1 unspecified atom stereocenters. The van der Waals surface area contributed by atoms with Crippen LogP contribution in [0, 0.1) is 0 Å². The minimum atomic E-state index is -0.574. The number of hydrogen-bond donors (Lipinski definition) is 3. The highest BCUT2D eigenvalue weighted by Crippen LogP contribution is 2.09. The van der Waals surface area contributed by atoms with Gasteiger partial charge in [0, 0.05) is 6.42 Å². The summed E-state index contributed by atoms with van der Waals surface area (Å²) in [6, 6.07) is -0.574. The van der Waals surface area contributed by atoms with E-state index in [0.29, 0.717) is 25.8 Å². The average Bonchev–Trinajstić information content (AvgIpc) is 2.46. The Bertz CT molecular complexity index is 283. The van der Waals surface area contributed by atoms with Crippen LogP contribution in [0.15, 0.2) is 0 Å². The van der Waals surface area contributed by atoms with Gasteiger partial charge in [0.2, 0.25) is 11.8 Å². The molecule has 0 saturated heterocycles. The first-order chi connectivity index (χ1) is 10.1. The minimum Gasteiger partial charge on any atom is -0.368 e. The normalized spacial score (nSPS) is 12.1. The van der Waals surface area contributed by atoms with Crippen molar-refractivity contribution in [3.63, 3.8) is 0 Å². The predicted molar refractivity (Wildman–Crippen MR) is 86.6 cm³/mol. The zero-order chi connectivity index (χ0) is 15.9. The number of primary amides is 1. The first-order valence-corrected chi connectivity index (χ1v) is 8.40. The van der Waals surface area contributed by atoms with Gasteiger partial charge in [0.25, 0.3) is 0 Å². The summed E-state index contributed by atoms with van der Waals surface area (Å²) < 4.78 is 0. The van der Waals surface area contributed by atoms with E-state index in [2.05, 4.69) is 12.2 Å². The SMILES string of the molecule is CCCCCCCCCCC(=O)NC(CCCN)C(N)=O. The number of nitrogens with two attached hydrogens (primary N) is 2. The summed E-state index contributed by atoms with van der Waals surface area (Å²) in [4.78, 5) is 23.0. The van der Waals surface area contributed by atoms with Crippen molar-refractivity contribution in [3.8, 4) is 0 Å². The first-order valence-electron chi connectivity index (χ1n) is 8.40. The summed E-state index contributed by atoms with van der Waals surface area (Å²) in [5.74, 6) is -0.561. The van der Waals surface area contributed by atoms with Crippen LogP contribution in [0.3, 0.4) is 0 Å². The van der Waals surface area contributed by atoms with Gasteiger partial charge in [-0.3, -0.25) is 9.59 Å². The molecule has 0 aromatic rings. The van der Waals surface area contributed by atoms with Crippen LogP contribution in [0.1, 0.15) is 77.6 Å². The molecule has 5 nitrogen and oxygen atoms in total. The van der Waals surface area contributed by atoms with E-state index in [1.807, 2.05) is 0 Å². The summed E-state index contributed by atoms with van der Waals surface area (Å²) in [6.07, 6.45) is 11.3. The molecule has 0 aliphatic carbocycles. The van der Waals surface area contributed by atoms with Crippen molar-refractivity contribution in [2.24, 2.45) is 11.5 Å². The number of unbranched alkanes of at least 4 members (excludes halogenated alkanes) is 7. The predicted octanol–water partition coefficient (Wildman–Crippen LogP) is 2.23. The standard InChI is InChI=1S/C16H33N3O2/c1-2-3-4-5-6-7-8-9-12-15(20)19-14(16(18)21)11-10-13-17/h14H,2-13,17H2,1H3,(H2,18,21)(H,19,20). The zero-order valence-corrected chi connectivity index (χ0v) is 13.5. The van der Waals surface area contributed by atoms with E-state index in [4.69, 9.17) is 11.5 Å². The van der Waals surface area contributed by atoms with Gasteiger partial charge in [-0.15, -0.1) is 0 Å². The molecular formula is C16H33N3O2. The molecule has 2 amide bonds. The molecule has 5 N–H and O–H groups in total. The molecule has 5 heteroatoms. The van der Waals surface area contributed by atoms with Crippen molar-refractivity contribution >= 4 is 11.8 Å². The van der Waals surface area contributed by atoms with Crippen molar-refractivity contribution in [3.05, 3.63) is 0 Å². The van der Waals surface area contributed by atoms with Gasteiger partial charge < -0.3 is 16.8 Å². The van der Waals surface area contributed by atoms with Gasteiger partial charge in [0.1, 0.15) is 6.04 Å². The van der Waals surface area contributed by atoms with Crippen LogP contribution >= 0.6 is 0 Å². The van der Waals surface area contributed by atoms with Crippen LogP contribution in [0.5, 0.6) is 0 Å². The van der Waals surface area contributed by atoms with Crippen LogP contribution in [-0.4, -0.2) is 24.4 Å². The van der Waals surface area contributed by atoms with E-state index >= 15 is 0 Å². The quantitative estimate of drug-likeness (QED) is 0.429. The molecule has 0 heterocycles. The van der Waals surface area contributed by atoms with Gasteiger partial charge in [-0.25, -0.2) is 0 Å². The number of carbonyl (C=O) groups is 2. The van der Waals surface area contributed by atoms with Crippen LogP contribution in [0.25, 0.3) is 0 Å². The Morgan fingerprint density at radius 2 is 1.52 bits per heavy atom. The molecule has 0 radical (unpaired) electrons. The molecule has 0 rings (SSSR count). The number of hydrogen-bond acceptors (Lipinski definition) is 3. The summed E-state index contributed by atoms with van der Waals surface area (Å²) >= 11 is 0. The molecule has 0 bridgehead atoms. The highest BCUT2D eigenvalue weighted by Gasteiger charge is 2.16. The maximum atomic E-state index is 11.7. The molecule has 1 atom stereocenters. The van der Waals surface area contributed by atoms with Crippen LogP contribution < -0.4 is 16.8 Å². The Labute approximate surface area is 129 Å². The van der Waals surface area contributed by atoms with E-state index < -0.39 is 11.9 Å². The van der Waals surface area contributed by atoms with Crippen molar-refractivity contribution in [1.82, 2.24) is 5.32 Å². The van der Waals surface area contributed by atoms with Gasteiger partial charge >= 0.3 is 0 Å². The largest absolute Gasteiger partial charge is 0.368 e. The summed E-state index contributed by atoms with van der Waals surface area (Å²) in [5, 5.41) is 2.70. The fourth-order valence-electron chi connectivity index (χ4n) is 2.29. The van der Waals surface area contributed by atoms with E-state index in [9.17, 15) is 9.59 Å². The molecule has 0 aliphatic rings. The lowest BCUT2D eigenvalue weighted by atomic mass is 10.1. The Hall–Kier alpha value is -1.10. The van der Waals surface area contributed by atoms with E-state index in [-0.39, 0.29) is 5.91 Å². The molecule has 0 aromatic carbocycles. The second-order valence-corrected chi connectivity index (χ2v) is 5.68. The van der Waals surface area contributed by atoms with Crippen LogP contribution in [-0.2, 0) is 9.59 Å². The molecule has 124 valence electrons. The van der Waals surface area contributed by atoms with Gasteiger partial charge in [-0.1, -0.05) is 51.9 Å². The maximum absolute atomic E-state index is 11.7. The fraction of sp³-hybridized carbons (Fsp3) is 0.875. The van der Waals surface area contributed by atoms with Crippen LogP contribution in [0.2, 0.25) is 0 Å². The highest BCUT2D eigenvalue weighted by molar-refractivity contribution is 5.86. The highest BCUT2D eigenvalue weighted by atomic mass is 16.2. The lowest BCUT2D eigenvalue weighted by molar-refractivity contribution is -0.127. The first kappa shape index (κ1) is 19.9. The smallest absolute Gasteiger partial charge is 0.240 e. The third-order valence-corrected chi connectivity index (χ3v) is 3.63. The summed E-state index contributed by atoms with van der Waals surface area (Å²) in [7, 11) is 0.